The number of amides is 1. The number of hydrogen-bond acceptors (Lipinski definition) is 3. The first-order valence-electron chi connectivity index (χ1n) is 6.04. The average Bonchev–Trinajstić information content (AvgIpc) is 2.66. The molecular weight excluding hydrogens is 250 g/mol. The maximum atomic E-state index is 11.8. The third-order valence-electron chi connectivity index (χ3n) is 3.07. The smallest absolute Gasteiger partial charge is 0.263 e. The first-order valence-corrected chi connectivity index (χ1v) is 6.92. The third-order valence-corrected chi connectivity index (χ3v) is 4.22. The lowest BCUT2D eigenvalue weighted by Gasteiger charge is -2.15. The van der Waals surface area contributed by atoms with Crippen molar-refractivity contribution in [3.63, 3.8) is 0 Å². The van der Waals surface area contributed by atoms with E-state index in [-0.39, 0.29) is 18.7 Å². The van der Waals surface area contributed by atoms with Gasteiger partial charge in [-0.25, -0.2) is 0 Å². The van der Waals surface area contributed by atoms with Crippen LogP contribution in [0.25, 0.3) is 0 Å². The molecule has 1 atom stereocenters. The molecule has 0 radical (unpaired) electrons. The number of nitrogens with two attached hydrogens (primary N) is 1. The second-order valence-corrected chi connectivity index (χ2v) is 5.42. The van der Waals surface area contributed by atoms with Gasteiger partial charge < -0.3 is 15.7 Å². The summed E-state index contributed by atoms with van der Waals surface area (Å²) in [6.07, 6.45) is 2.69. The molecule has 1 aromatic heterocycles. The summed E-state index contributed by atoms with van der Waals surface area (Å²) in [5.41, 5.74) is 3.91. The van der Waals surface area contributed by atoms with Crippen LogP contribution in [0.15, 0.2) is 17.3 Å². The van der Waals surface area contributed by atoms with Crippen molar-refractivity contribution in [2.24, 2.45) is 0 Å². The summed E-state index contributed by atoms with van der Waals surface area (Å²) in [6, 6.07) is 0. The molecule has 1 aromatic rings. The molecule has 5 nitrogen and oxygen atoms in total. The summed E-state index contributed by atoms with van der Waals surface area (Å²) < 4.78 is 2.06. The molecule has 0 spiro atoms. The zero-order chi connectivity index (χ0) is 13.1. The van der Waals surface area contributed by atoms with Gasteiger partial charge in [0.25, 0.3) is 5.91 Å². The molecule has 0 saturated carbocycles. The van der Waals surface area contributed by atoms with E-state index in [9.17, 15) is 4.79 Å². The molecule has 0 fully saturated rings. The maximum absolute atomic E-state index is 11.8. The summed E-state index contributed by atoms with van der Waals surface area (Å²) in [4.78, 5) is 13.0. The molecule has 0 aromatic carbocycles. The van der Waals surface area contributed by atoms with Gasteiger partial charge in [-0.1, -0.05) is 11.3 Å². The van der Waals surface area contributed by atoms with E-state index in [0.29, 0.717) is 13.0 Å². The van der Waals surface area contributed by atoms with Gasteiger partial charge >= 0.3 is 0 Å². The van der Waals surface area contributed by atoms with Gasteiger partial charge in [-0.2, -0.15) is 4.57 Å². The second-order valence-electron chi connectivity index (χ2n) is 4.48. The van der Waals surface area contributed by atoms with Gasteiger partial charge in [-0.15, -0.1) is 0 Å². The highest BCUT2D eigenvalue weighted by molar-refractivity contribution is 7.09. The summed E-state index contributed by atoms with van der Waals surface area (Å²) in [5, 5.41) is 13.8. The number of nitrogens with zero attached hydrogens (tertiary/aromatic N) is 1. The predicted octanol–water partition coefficient (Wildman–Crippen LogP) is -1.20. The summed E-state index contributed by atoms with van der Waals surface area (Å²) in [6.45, 7) is 4.72. The number of aliphatic hydroxyl groups is 1. The first kappa shape index (κ1) is 13.2. The van der Waals surface area contributed by atoms with E-state index < -0.39 is 0 Å². The van der Waals surface area contributed by atoms with Crippen molar-refractivity contribution < 1.29 is 19.8 Å². The molecule has 1 unspecified atom stereocenters. The number of quaternary nitrogens is 1. The second kappa shape index (κ2) is 5.60. The largest absolute Gasteiger partial charge is 0.396 e. The number of rotatable bonds is 4. The van der Waals surface area contributed by atoms with Crippen molar-refractivity contribution in [2.45, 2.75) is 33.0 Å². The molecule has 1 amide bonds. The molecule has 1 aliphatic heterocycles. The number of carbonyl (C=O) groups is 1. The van der Waals surface area contributed by atoms with Crippen LogP contribution in [0.2, 0.25) is 0 Å². The number of carbonyl (C=O) groups excluding carboxylic acids is 1. The Bertz CT molecular complexity index is 482. The molecule has 0 bridgehead atoms. The van der Waals surface area contributed by atoms with Gasteiger partial charge in [-0.05, 0) is 0 Å². The Morgan fingerprint density at radius 1 is 1.61 bits per heavy atom. The van der Waals surface area contributed by atoms with Crippen molar-refractivity contribution in [3.8, 4) is 0 Å². The van der Waals surface area contributed by atoms with Crippen LogP contribution < -0.4 is 15.2 Å². The van der Waals surface area contributed by atoms with Crippen molar-refractivity contribution >= 4 is 17.2 Å². The van der Waals surface area contributed by atoms with Crippen molar-refractivity contribution in [2.75, 3.05) is 6.61 Å². The van der Waals surface area contributed by atoms with Crippen LogP contribution >= 0.6 is 11.3 Å². The van der Waals surface area contributed by atoms with Gasteiger partial charge in [0.15, 0.2) is 18.4 Å². The summed E-state index contributed by atoms with van der Waals surface area (Å²) in [7, 11) is 0. The summed E-state index contributed by atoms with van der Waals surface area (Å²) >= 11 is 1.62. The van der Waals surface area contributed by atoms with Gasteiger partial charge in [0.1, 0.15) is 11.8 Å². The fraction of sp³-hybridized carbons (Fsp3) is 0.500. The minimum absolute atomic E-state index is 0.00630. The fourth-order valence-corrected chi connectivity index (χ4v) is 2.92. The third kappa shape index (κ3) is 2.77. The van der Waals surface area contributed by atoms with E-state index in [2.05, 4.69) is 9.88 Å². The average molecular weight is 269 g/mol. The van der Waals surface area contributed by atoms with E-state index >= 15 is 0 Å². The molecule has 2 rings (SSSR count). The van der Waals surface area contributed by atoms with Crippen LogP contribution in [-0.4, -0.2) is 23.8 Å². The Kier molecular flexibility index (Phi) is 4.11. The minimum atomic E-state index is 0.00630. The van der Waals surface area contributed by atoms with Crippen LogP contribution in [0.1, 0.15) is 17.5 Å². The van der Waals surface area contributed by atoms with E-state index in [1.807, 2.05) is 30.9 Å². The Morgan fingerprint density at radius 3 is 3.06 bits per heavy atom. The fourth-order valence-electron chi connectivity index (χ4n) is 1.94. The molecule has 6 heteroatoms. The SMILES string of the molecule is Cc1c(CCO)sc[n+]1CC1=C[NH2+]C(C)NC1=O. The van der Waals surface area contributed by atoms with E-state index in [0.717, 1.165) is 11.3 Å². The normalized spacial score (nSPS) is 19.6. The Labute approximate surface area is 110 Å². The number of aliphatic hydroxyl groups excluding tert-OH is 1. The van der Waals surface area contributed by atoms with Crippen LogP contribution in [0, 0.1) is 6.92 Å². The van der Waals surface area contributed by atoms with Gasteiger partial charge in [-0.3, -0.25) is 4.79 Å². The lowest BCUT2D eigenvalue weighted by atomic mass is 10.2. The Morgan fingerprint density at radius 2 is 2.39 bits per heavy atom. The molecule has 98 valence electrons. The number of nitrogens with one attached hydrogen (secondary N) is 1. The standard InChI is InChI=1S/C12H17N3O2S/c1-8-11(3-4-16)18-7-15(8)6-10-5-13-9(2)14-12(10)17/h5,7,9,16H,3-4,6H2,1-2H3,(H-,13,14,17)/p+2. The maximum Gasteiger partial charge on any atom is 0.263 e. The topological polar surface area (TPSA) is 69.8 Å². The molecule has 0 aliphatic carbocycles. The molecule has 4 N–H and O–H groups in total. The van der Waals surface area contributed by atoms with Crippen LogP contribution in [-0.2, 0) is 17.8 Å². The minimum Gasteiger partial charge on any atom is -0.396 e. The summed E-state index contributed by atoms with van der Waals surface area (Å²) in [5.74, 6) is 0.00630. The molecule has 0 saturated heterocycles. The van der Waals surface area contributed by atoms with Crippen LogP contribution in [0.3, 0.4) is 0 Å². The van der Waals surface area contributed by atoms with Crippen LogP contribution in [0.4, 0.5) is 0 Å². The monoisotopic (exact) mass is 269 g/mol. The van der Waals surface area contributed by atoms with Gasteiger partial charge in [0, 0.05) is 26.9 Å². The zero-order valence-electron chi connectivity index (χ0n) is 10.6. The quantitative estimate of drug-likeness (QED) is 0.601. The number of thiazole rings is 1. The predicted molar refractivity (Wildman–Crippen MR) is 67.7 cm³/mol. The van der Waals surface area contributed by atoms with Crippen molar-refractivity contribution in [3.05, 3.63) is 27.9 Å². The van der Waals surface area contributed by atoms with Gasteiger partial charge in [0.2, 0.25) is 5.51 Å². The van der Waals surface area contributed by atoms with E-state index in [1.165, 1.54) is 4.88 Å². The highest BCUT2D eigenvalue weighted by Crippen LogP contribution is 2.12. The Balaban J connectivity index is 2.12. The lowest BCUT2D eigenvalue weighted by Crippen LogP contribution is -2.90. The van der Waals surface area contributed by atoms with Crippen molar-refractivity contribution in [1.29, 1.82) is 0 Å². The molecule has 2 heterocycles. The number of aromatic nitrogens is 1. The van der Waals surface area contributed by atoms with Crippen LogP contribution in [0.5, 0.6) is 0 Å². The van der Waals surface area contributed by atoms with Gasteiger partial charge in [0.05, 0.1) is 4.88 Å². The van der Waals surface area contributed by atoms with E-state index in [4.69, 9.17) is 5.11 Å². The molecule has 1 aliphatic rings. The highest BCUT2D eigenvalue weighted by atomic mass is 32.1. The lowest BCUT2D eigenvalue weighted by molar-refractivity contribution is -0.692. The first-order chi connectivity index (χ1) is 8.61. The Hall–Kier alpha value is -1.24. The van der Waals surface area contributed by atoms with E-state index in [1.54, 1.807) is 11.3 Å². The number of hydrogen-bond donors (Lipinski definition) is 3. The molecule has 18 heavy (non-hydrogen) atoms. The highest BCUT2D eigenvalue weighted by Gasteiger charge is 2.25. The van der Waals surface area contributed by atoms with Crippen molar-refractivity contribution in [1.82, 2.24) is 5.32 Å². The zero-order valence-corrected chi connectivity index (χ0v) is 11.5. The molecular formula is C12H19N3O2S+2.